The van der Waals surface area contributed by atoms with E-state index in [0.717, 1.165) is 0 Å². The number of rotatable bonds is 10. The summed E-state index contributed by atoms with van der Waals surface area (Å²) in [5, 5.41) is 93.7. The molecule has 0 spiro atoms. The van der Waals surface area contributed by atoms with Gasteiger partial charge in [-0.1, -0.05) is 27.7 Å². The standard InChI is InChI=1S/C6H14O5.C5H12O3.C4H10O2.C4H10O/c1-3(8)5(10)6(11)4(9)2-7;1-4(2-6)5(8)3-7;1-2-4(6)3-5;1-4(2)3-5/h3-11H,2H2,1H3;4-8H,2-3H2,1H3;4-6H,2-3H2,1H3;4-5H,3H2,1-2H3. The van der Waals surface area contributed by atoms with Crippen LogP contribution in [-0.4, -0.2) is 126 Å². The quantitative estimate of drug-likeness (QED) is 0.159. The van der Waals surface area contributed by atoms with Gasteiger partial charge < -0.3 is 56.2 Å². The molecule has 0 saturated carbocycles. The zero-order valence-corrected chi connectivity index (χ0v) is 18.8. The van der Waals surface area contributed by atoms with Gasteiger partial charge in [0.05, 0.1) is 38.1 Å². The van der Waals surface area contributed by atoms with Crippen LogP contribution in [0.5, 0.6) is 0 Å². The monoisotopic (exact) mass is 450 g/mol. The summed E-state index contributed by atoms with van der Waals surface area (Å²) in [6.07, 6.45) is -6.15. The molecule has 0 aliphatic rings. The van der Waals surface area contributed by atoms with Crippen molar-refractivity contribution in [2.45, 2.75) is 77.7 Å². The molecule has 0 saturated heterocycles. The Balaban J connectivity index is -0.000000158. The molecule has 11 N–H and O–H groups in total. The Bertz CT molecular complexity index is 307. The summed E-state index contributed by atoms with van der Waals surface area (Å²) < 4.78 is 0. The van der Waals surface area contributed by atoms with Crippen molar-refractivity contribution in [3.63, 3.8) is 0 Å². The number of hydrogen-bond donors (Lipinski definition) is 11. The second-order valence-electron chi connectivity index (χ2n) is 7.20. The molecular weight excluding hydrogens is 404 g/mol. The molecule has 0 rings (SSSR count). The van der Waals surface area contributed by atoms with Crippen LogP contribution in [0, 0.1) is 11.8 Å². The van der Waals surface area contributed by atoms with Gasteiger partial charge in [-0.3, -0.25) is 0 Å². The molecule has 11 nitrogen and oxygen atoms in total. The van der Waals surface area contributed by atoms with Crippen molar-refractivity contribution in [2.24, 2.45) is 11.8 Å². The molecule has 7 unspecified atom stereocenters. The van der Waals surface area contributed by atoms with Crippen LogP contribution < -0.4 is 0 Å². The lowest BCUT2D eigenvalue weighted by molar-refractivity contribution is -0.110. The lowest BCUT2D eigenvalue weighted by Crippen LogP contribution is -2.44. The summed E-state index contributed by atoms with van der Waals surface area (Å²) in [5.74, 6) is 0.218. The SMILES string of the molecule is CC(C)CO.CC(CO)C(O)CO.CC(O)C(O)C(O)C(O)CO.CCC(O)CO. The molecule has 0 radical (unpaired) electrons. The van der Waals surface area contributed by atoms with Crippen LogP contribution in [0.15, 0.2) is 0 Å². The highest BCUT2D eigenvalue weighted by Gasteiger charge is 2.27. The van der Waals surface area contributed by atoms with Crippen molar-refractivity contribution in [3.05, 3.63) is 0 Å². The van der Waals surface area contributed by atoms with E-state index in [9.17, 15) is 0 Å². The maximum Gasteiger partial charge on any atom is 0.110 e. The van der Waals surface area contributed by atoms with Gasteiger partial charge in [-0.05, 0) is 19.3 Å². The minimum absolute atomic E-state index is 0.0816. The van der Waals surface area contributed by atoms with Crippen LogP contribution in [0.4, 0.5) is 0 Å². The lowest BCUT2D eigenvalue weighted by Gasteiger charge is -2.23. The molecule has 0 aliphatic heterocycles. The summed E-state index contributed by atoms with van der Waals surface area (Å²) in [6.45, 7) is 7.89. The summed E-state index contributed by atoms with van der Waals surface area (Å²) in [6, 6.07) is 0. The van der Waals surface area contributed by atoms with Crippen LogP contribution in [0.25, 0.3) is 0 Å². The zero-order chi connectivity index (χ0) is 24.9. The summed E-state index contributed by atoms with van der Waals surface area (Å²) >= 11 is 0. The van der Waals surface area contributed by atoms with Gasteiger partial charge in [-0.2, -0.15) is 0 Å². The number of aliphatic hydroxyl groups is 11. The molecule has 0 heterocycles. The molecule has 7 atom stereocenters. The Morgan fingerprint density at radius 1 is 0.533 bits per heavy atom. The molecule has 0 aromatic heterocycles. The molecule has 0 aliphatic carbocycles. The van der Waals surface area contributed by atoms with Crippen molar-refractivity contribution < 1.29 is 56.2 Å². The molecule has 0 aromatic rings. The fourth-order valence-electron chi connectivity index (χ4n) is 1.05. The van der Waals surface area contributed by atoms with Crippen LogP contribution in [0.3, 0.4) is 0 Å². The first-order chi connectivity index (χ1) is 13.8. The normalized spacial score (nSPS) is 17.5. The highest BCUT2D eigenvalue weighted by molar-refractivity contribution is 4.77. The highest BCUT2D eigenvalue weighted by Crippen LogP contribution is 2.03. The van der Waals surface area contributed by atoms with Gasteiger partial charge in [0.15, 0.2) is 0 Å². The third kappa shape index (κ3) is 25.6. The van der Waals surface area contributed by atoms with Gasteiger partial charge in [-0.25, -0.2) is 0 Å². The van der Waals surface area contributed by atoms with E-state index in [4.69, 9.17) is 56.2 Å². The van der Waals surface area contributed by atoms with Crippen molar-refractivity contribution >= 4 is 0 Å². The minimum atomic E-state index is -1.51. The van der Waals surface area contributed by atoms with Gasteiger partial charge in [-0.15, -0.1) is 0 Å². The van der Waals surface area contributed by atoms with Crippen molar-refractivity contribution in [1.29, 1.82) is 0 Å². The second-order valence-corrected chi connectivity index (χ2v) is 7.20. The molecule has 0 aromatic carbocycles. The Kier molecular flexibility index (Phi) is 30.5. The maximum atomic E-state index is 8.94. The largest absolute Gasteiger partial charge is 0.396 e. The predicted molar refractivity (Wildman–Crippen MR) is 111 cm³/mol. The minimum Gasteiger partial charge on any atom is -0.396 e. The van der Waals surface area contributed by atoms with E-state index >= 15 is 0 Å². The first-order valence-corrected chi connectivity index (χ1v) is 9.93. The Hall–Kier alpha value is -0.440. The molecule has 30 heavy (non-hydrogen) atoms. The van der Waals surface area contributed by atoms with E-state index < -0.39 is 43.2 Å². The molecule has 188 valence electrons. The zero-order valence-electron chi connectivity index (χ0n) is 18.8. The molecule has 0 amide bonds. The van der Waals surface area contributed by atoms with E-state index in [0.29, 0.717) is 18.9 Å². The maximum absolute atomic E-state index is 8.94. The Labute approximate surface area is 179 Å². The van der Waals surface area contributed by atoms with Gasteiger partial charge >= 0.3 is 0 Å². The predicted octanol–water partition coefficient (Wildman–Crippen LogP) is -3.21. The summed E-state index contributed by atoms with van der Waals surface area (Å²) in [4.78, 5) is 0. The Morgan fingerprint density at radius 2 is 0.933 bits per heavy atom. The van der Waals surface area contributed by atoms with Gasteiger partial charge in [0.25, 0.3) is 0 Å². The average molecular weight is 451 g/mol. The third-order valence-corrected chi connectivity index (χ3v) is 3.60. The highest BCUT2D eigenvalue weighted by atomic mass is 16.4. The molecular formula is C19H46O11. The first-order valence-electron chi connectivity index (χ1n) is 9.93. The van der Waals surface area contributed by atoms with Gasteiger partial charge in [0.2, 0.25) is 0 Å². The van der Waals surface area contributed by atoms with Crippen molar-refractivity contribution in [3.8, 4) is 0 Å². The van der Waals surface area contributed by atoms with E-state index in [1.807, 2.05) is 20.8 Å². The second kappa shape index (κ2) is 24.8. The van der Waals surface area contributed by atoms with E-state index in [2.05, 4.69) is 0 Å². The average Bonchev–Trinajstić information content (AvgIpc) is 2.76. The van der Waals surface area contributed by atoms with Crippen molar-refractivity contribution in [1.82, 2.24) is 0 Å². The van der Waals surface area contributed by atoms with E-state index in [1.54, 1.807) is 6.92 Å². The van der Waals surface area contributed by atoms with Crippen LogP contribution in [0.1, 0.15) is 41.0 Å². The van der Waals surface area contributed by atoms with E-state index in [-0.39, 0.29) is 25.7 Å². The van der Waals surface area contributed by atoms with Crippen LogP contribution >= 0.6 is 0 Å². The van der Waals surface area contributed by atoms with Crippen molar-refractivity contribution in [2.75, 3.05) is 33.0 Å². The fourth-order valence-corrected chi connectivity index (χ4v) is 1.05. The topological polar surface area (TPSA) is 223 Å². The Morgan fingerprint density at radius 3 is 1.07 bits per heavy atom. The fraction of sp³-hybridized carbons (Fsp3) is 1.00. The van der Waals surface area contributed by atoms with E-state index in [1.165, 1.54) is 6.92 Å². The first kappa shape index (κ1) is 36.9. The summed E-state index contributed by atoms with van der Waals surface area (Å²) in [7, 11) is 0. The van der Waals surface area contributed by atoms with Crippen LogP contribution in [0.2, 0.25) is 0 Å². The molecule has 11 heteroatoms. The van der Waals surface area contributed by atoms with Gasteiger partial charge in [0.1, 0.15) is 18.3 Å². The molecule has 0 bridgehead atoms. The lowest BCUT2D eigenvalue weighted by atomic mass is 10.1. The number of aliphatic hydroxyl groups excluding tert-OH is 11. The van der Waals surface area contributed by atoms with Gasteiger partial charge in [0, 0.05) is 19.1 Å². The third-order valence-electron chi connectivity index (χ3n) is 3.60. The molecule has 0 fully saturated rings. The number of hydrogen-bond acceptors (Lipinski definition) is 11. The van der Waals surface area contributed by atoms with Crippen LogP contribution in [-0.2, 0) is 0 Å². The summed E-state index contributed by atoms with van der Waals surface area (Å²) in [5.41, 5.74) is 0. The smallest absolute Gasteiger partial charge is 0.110 e.